The van der Waals surface area contributed by atoms with Gasteiger partial charge in [0.15, 0.2) is 0 Å². The molecule has 5 nitrogen and oxygen atoms in total. The molecule has 3 atom stereocenters. The van der Waals surface area contributed by atoms with Crippen molar-refractivity contribution < 1.29 is 9.50 Å². The van der Waals surface area contributed by atoms with Gasteiger partial charge in [-0.25, -0.2) is 9.18 Å². The van der Waals surface area contributed by atoms with Crippen molar-refractivity contribution >= 4 is 0 Å². The quantitative estimate of drug-likeness (QED) is 0.773. The van der Waals surface area contributed by atoms with Crippen LogP contribution in [0.15, 0.2) is 15.8 Å². The van der Waals surface area contributed by atoms with Crippen molar-refractivity contribution in [3.63, 3.8) is 0 Å². The van der Waals surface area contributed by atoms with Crippen LogP contribution in [0, 0.1) is 12.8 Å². The van der Waals surface area contributed by atoms with Crippen LogP contribution in [0.5, 0.6) is 0 Å². The molecule has 0 spiro atoms. The normalized spacial score (nSPS) is 28.5. The van der Waals surface area contributed by atoms with E-state index in [0.717, 1.165) is 0 Å². The maximum atomic E-state index is 13.9. The minimum Gasteiger partial charge on any atom is -0.396 e. The number of aryl methyl sites for hydroxylation is 1. The zero-order chi connectivity index (χ0) is 12.6. The third-order valence-electron chi connectivity index (χ3n) is 3.39. The highest BCUT2D eigenvalue weighted by molar-refractivity contribution is 5.03. The van der Waals surface area contributed by atoms with E-state index in [0.29, 0.717) is 18.4 Å². The van der Waals surface area contributed by atoms with Crippen molar-refractivity contribution in [2.75, 3.05) is 6.61 Å². The van der Waals surface area contributed by atoms with Crippen molar-refractivity contribution in [3.05, 3.63) is 32.6 Å². The van der Waals surface area contributed by atoms with Crippen LogP contribution >= 0.6 is 0 Å². The molecule has 0 aromatic carbocycles. The van der Waals surface area contributed by atoms with Crippen LogP contribution in [0.4, 0.5) is 4.39 Å². The predicted molar refractivity (Wildman–Crippen MR) is 59.8 cm³/mol. The number of rotatable bonds is 2. The SMILES string of the molecule is Cc1cn(C2CCC(CO)C2F)c(=O)[nH]c1=O. The van der Waals surface area contributed by atoms with E-state index in [1.807, 2.05) is 0 Å². The molecule has 0 aliphatic heterocycles. The molecular formula is C11H15FN2O3. The molecule has 1 aromatic rings. The lowest BCUT2D eigenvalue weighted by Gasteiger charge is -2.18. The van der Waals surface area contributed by atoms with Gasteiger partial charge in [0.2, 0.25) is 0 Å². The first kappa shape index (κ1) is 12.0. The molecule has 1 fully saturated rings. The number of aliphatic hydroxyl groups excluding tert-OH is 1. The lowest BCUT2D eigenvalue weighted by Crippen LogP contribution is -2.36. The fraction of sp³-hybridized carbons (Fsp3) is 0.636. The van der Waals surface area contributed by atoms with Gasteiger partial charge in [-0.2, -0.15) is 0 Å². The van der Waals surface area contributed by atoms with Crippen LogP contribution in [0.2, 0.25) is 0 Å². The summed E-state index contributed by atoms with van der Waals surface area (Å²) in [5.74, 6) is -0.417. The Labute approximate surface area is 96.9 Å². The third-order valence-corrected chi connectivity index (χ3v) is 3.39. The molecule has 0 amide bonds. The minimum atomic E-state index is -1.25. The van der Waals surface area contributed by atoms with Gasteiger partial charge >= 0.3 is 5.69 Å². The Morgan fingerprint density at radius 3 is 2.82 bits per heavy atom. The first-order valence-corrected chi connectivity index (χ1v) is 5.61. The summed E-state index contributed by atoms with van der Waals surface area (Å²) in [4.78, 5) is 25.0. The number of nitrogens with one attached hydrogen (secondary N) is 1. The molecular weight excluding hydrogens is 227 g/mol. The Kier molecular flexibility index (Phi) is 3.15. The summed E-state index contributed by atoms with van der Waals surface area (Å²) in [6, 6.07) is -0.588. The number of hydrogen-bond donors (Lipinski definition) is 2. The third kappa shape index (κ3) is 2.04. The van der Waals surface area contributed by atoms with E-state index in [2.05, 4.69) is 4.98 Å². The van der Waals surface area contributed by atoms with Crippen molar-refractivity contribution in [1.82, 2.24) is 9.55 Å². The van der Waals surface area contributed by atoms with Crippen molar-refractivity contribution in [2.24, 2.45) is 5.92 Å². The number of aromatic amines is 1. The topological polar surface area (TPSA) is 75.1 Å². The lowest BCUT2D eigenvalue weighted by atomic mass is 10.1. The van der Waals surface area contributed by atoms with Gasteiger partial charge in [0.1, 0.15) is 6.17 Å². The smallest absolute Gasteiger partial charge is 0.328 e. The Balaban J connectivity index is 2.39. The van der Waals surface area contributed by atoms with Gasteiger partial charge in [-0.3, -0.25) is 14.3 Å². The van der Waals surface area contributed by atoms with E-state index in [1.165, 1.54) is 10.8 Å². The zero-order valence-electron chi connectivity index (χ0n) is 9.52. The molecule has 1 heterocycles. The molecule has 3 unspecified atom stereocenters. The van der Waals surface area contributed by atoms with Crippen molar-refractivity contribution in [2.45, 2.75) is 32.0 Å². The van der Waals surface area contributed by atoms with E-state index >= 15 is 0 Å². The molecule has 0 bridgehead atoms. The maximum absolute atomic E-state index is 13.9. The fourth-order valence-corrected chi connectivity index (χ4v) is 2.33. The Morgan fingerprint density at radius 1 is 1.53 bits per heavy atom. The molecule has 6 heteroatoms. The molecule has 1 aliphatic carbocycles. The van der Waals surface area contributed by atoms with Crippen LogP contribution in [-0.4, -0.2) is 27.4 Å². The first-order chi connectivity index (χ1) is 8.04. The van der Waals surface area contributed by atoms with Gasteiger partial charge in [-0.15, -0.1) is 0 Å². The molecule has 0 radical (unpaired) electrons. The average molecular weight is 242 g/mol. The summed E-state index contributed by atoms with van der Waals surface area (Å²) >= 11 is 0. The molecule has 2 N–H and O–H groups in total. The van der Waals surface area contributed by atoms with Crippen LogP contribution in [0.1, 0.15) is 24.4 Å². The average Bonchev–Trinajstić information content (AvgIpc) is 2.65. The standard InChI is InChI=1S/C11H15FN2O3/c1-6-4-14(11(17)13-10(6)16)8-3-2-7(5-15)9(8)12/h4,7-9,15H,2-3,5H2,1H3,(H,13,16,17). The van der Waals surface area contributed by atoms with Gasteiger partial charge in [0.05, 0.1) is 6.04 Å². The van der Waals surface area contributed by atoms with Crippen molar-refractivity contribution in [3.8, 4) is 0 Å². The Bertz CT molecular complexity index is 522. The van der Waals surface area contributed by atoms with E-state index in [4.69, 9.17) is 5.11 Å². The molecule has 94 valence electrons. The summed E-state index contributed by atoms with van der Waals surface area (Å²) in [5.41, 5.74) is -0.658. The highest BCUT2D eigenvalue weighted by atomic mass is 19.1. The number of halogens is 1. The highest BCUT2D eigenvalue weighted by Gasteiger charge is 2.37. The van der Waals surface area contributed by atoms with Crippen LogP contribution in [0.3, 0.4) is 0 Å². The van der Waals surface area contributed by atoms with Gasteiger partial charge in [0, 0.05) is 24.3 Å². The molecule has 0 saturated heterocycles. The largest absolute Gasteiger partial charge is 0.396 e. The summed E-state index contributed by atoms with van der Waals surface area (Å²) in [5, 5.41) is 8.98. The number of aliphatic hydroxyl groups is 1. The fourth-order valence-electron chi connectivity index (χ4n) is 2.33. The van der Waals surface area contributed by atoms with E-state index in [-0.39, 0.29) is 6.61 Å². The predicted octanol–water partition coefficient (Wildman–Crippen LogP) is 0.127. The second-order valence-corrected chi connectivity index (χ2v) is 4.51. The Hall–Kier alpha value is -1.43. The van der Waals surface area contributed by atoms with Gasteiger partial charge in [-0.1, -0.05) is 0 Å². The summed E-state index contributed by atoms with van der Waals surface area (Å²) in [6.45, 7) is 1.36. The molecule has 1 aromatic heterocycles. The second kappa shape index (κ2) is 4.44. The maximum Gasteiger partial charge on any atom is 0.328 e. The molecule has 2 rings (SSSR count). The van der Waals surface area contributed by atoms with Crippen molar-refractivity contribution in [1.29, 1.82) is 0 Å². The van der Waals surface area contributed by atoms with Crippen LogP contribution in [0.25, 0.3) is 0 Å². The lowest BCUT2D eigenvalue weighted by molar-refractivity contribution is 0.139. The van der Waals surface area contributed by atoms with E-state index in [9.17, 15) is 14.0 Å². The van der Waals surface area contributed by atoms with Crippen LogP contribution < -0.4 is 11.2 Å². The number of aromatic nitrogens is 2. The van der Waals surface area contributed by atoms with Gasteiger partial charge in [-0.05, 0) is 19.8 Å². The van der Waals surface area contributed by atoms with E-state index in [1.54, 1.807) is 6.92 Å². The second-order valence-electron chi connectivity index (χ2n) is 4.51. The molecule has 17 heavy (non-hydrogen) atoms. The first-order valence-electron chi connectivity index (χ1n) is 5.61. The summed E-state index contributed by atoms with van der Waals surface area (Å²) in [7, 11) is 0. The van der Waals surface area contributed by atoms with Gasteiger partial charge in [0.25, 0.3) is 5.56 Å². The van der Waals surface area contributed by atoms with Gasteiger partial charge < -0.3 is 5.11 Å². The monoisotopic (exact) mass is 242 g/mol. The number of H-pyrrole nitrogens is 1. The summed E-state index contributed by atoms with van der Waals surface area (Å²) in [6.07, 6.45) is 1.19. The number of nitrogens with zero attached hydrogens (tertiary/aromatic N) is 1. The molecule has 1 saturated carbocycles. The highest BCUT2D eigenvalue weighted by Crippen LogP contribution is 2.36. The zero-order valence-corrected chi connectivity index (χ0v) is 9.52. The van der Waals surface area contributed by atoms with E-state index < -0.39 is 29.4 Å². The van der Waals surface area contributed by atoms with Crippen LogP contribution in [-0.2, 0) is 0 Å². The number of alkyl halides is 1. The Morgan fingerprint density at radius 2 is 2.24 bits per heavy atom. The minimum absolute atomic E-state index is 0.214. The molecule has 1 aliphatic rings. The number of hydrogen-bond acceptors (Lipinski definition) is 3. The summed E-state index contributed by atoms with van der Waals surface area (Å²) < 4.78 is 15.2.